The molecule has 116 valence electrons. The van der Waals surface area contributed by atoms with Gasteiger partial charge in [0, 0.05) is 6.07 Å². The Morgan fingerprint density at radius 2 is 1.82 bits per heavy atom. The summed E-state index contributed by atoms with van der Waals surface area (Å²) in [5.41, 5.74) is 0.157. The fourth-order valence-corrected chi connectivity index (χ4v) is 2.93. The van der Waals surface area contributed by atoms with E-state index in [2.05, 4.69) is 4.72 Å². The van der Waals surface area contributed by atoms with Crippen molar-refractivity contribution in [1.29, 1.82) is 0 Å². The van der Waals surface area contributed by atoms with Gasteiger partial charge in [-0.15, -0.1) is 0 Å². The highest BCUT2D eigenvalue weighted by Gasteiger charge is 2.20. The summed E-state index contributed by atoms with van der Waals surface area (Å²) in [6.07, 6.45) is 0. The Bertz CT molecular complexity index is 850. The number of anilines is 1. The molecule has 0 aliphatic rings. The summed E-state index contributed by atoms with van der Waals surface area (Å²) in [7, 11) is -4.33. The minimum atomic E-state index is -4.33. The second-order valence-electron chi connectivity index (χ2n) is 4.50. The van der Waals surface area contributed by atoms with Crippen LogP contribution < -0.4 is 9.83 Å². The number of rotatable bonds is 4. The first-order chi connectivity index (χ1) is 10.2. The van der Waals surface area contributed by atoms with Crippen LogP contribution in [0.1, 0.15) is 15.9 Å². The van der Waals surface area contributed by atoms with Crippen LogP contribution in [0.25, 0.3) is 0 Å². The van der Waals surface area contributed by atoms with Gasteiger partial charge < -0.3 is 9.90 Å². The number of aryl methyl sites for hydroxylation is 1. The van der Waals surface area contributed by atoms with E-state index < -0.39 is 32.5 Å². The first-order valence-electron chi connectivity index (χ1n) is 6.00. The Balaban J connectivity index is 2.45. The van der Waals surface area contributed by atoms with Crippen molar-refractivity contribution in [3.05, 3.63) is 59.2 Å². The Morgan fingerprint density at radius 1 is 1.14 bits per heavy atom. The molecule has 0 amide bonds. The lowest BCUT2D eigenvalue weighted by molar-refractivity contribution is -0.255. The van der Waals surface area contributed by atoms with Crippen LogP contribution in [0, 0.1) is 18.6 Å². The third kappa shape index (κ3) is 3.22. The zero-order valence-corrected chi connectivity index (χ0v) is 12.1. The Labute approximate surface area is 125 Å². The standard InChI is InChI=1S/C14H11F2NO4S/c1-8-2-3-9(14(18)19)6-12(8)17-22(20,21)13-5-4-10(15)7-11(13)16/h2-7,17H,1H3,(H,18,19)/p-1. The number of carbonyl (C=O) groups excluding carboxylic acids is 1. The topological polar surface area (TPSA) is 86.3 Å². The molecule has 0 radical (unpaired) electrons. The molecule has 0 heterocycles. The lowest BCUT2D eigenvalue weighted by Gasteiger charge is -2.13. The van der Waals surface area contributed by atoms with E-state index in [0.29, 0.717) is 11.6 Å². The average molecular weight is 326 g/mol. The summed E-state index contributed by atoms with van der Waals surface area (Å²) in [4.78, 5) is 10.1. The van der Waals surface area contributed by atoms with Crippen LogP contribution in [-0.2, 0) is 10.0 Å². The van der Waals surface area contributed by atoms with Gasteiger partial charge in [-0.05, 0) is 36.2 Å². The summed E-state index contributed by atoms with van der Waals surface area (Å²) in [6.45, 7) is 1.54. The van der Waals surface area contributed by atoms with Crippen molar-refractivity contribution in [2.24, 2.45) is 0 Å². The van der Waals surface area contributed by atoms with E-state index in [4.69, 9.17) is 0 Å². The molecule has 0 aliphatic carbocycles. The second kappa shape index (κ2) is 5.72. The Kier molecular flexibility index (Phi) is 4.14. The maximum absolute atomic E-state index is 13.6. The average Bonchev–Trinajstić information content (AvgIpc) is 2.40. The summed E-state index contributed by atoms with van der Waals surface area (Å²) < 4.78 is 52.8. The van der Waals surface area contributed by atoms with Crippen LogP contribution in [-0.4, -0.2) is 14.4 Å². The highest BCUT2D eigenvalue weighted by Crippen LogP contribution is 2.23. The number of nitrogens with one attached hydrogen (secondary N) is 1. The van der Waals surface area contributed by atoms with Crippen molar-refractivity contribution in [3.63, 3.8) is 0 Å². The molecule has 0 saturated carbocycles. The lowest BCUT2D eigenvalue weighted by Crippen LogP contribution is -2.23. The van der Waals surface area contributed by atoms with Crippen molar-refractivity contribution >= 4 is 21.7 Å². The van der Waals surface area contributed by atoms with E-state index in [1.807, 2.05) is 0 Å². The highest BCUT2D eigenvalue weighted by molar-refractivity contribution is 7.92. The van der Waals surface area contributed by atoms with Gasteiger partial charge in [0.2, 0.25) is 0 Å². The minimum Gasteiger partial charge on any atom is -0.545 e. The van der Waals surface area contributed by atoms with E-state index >= 15 is 0 Å². The number of aromatic carboxylic acids is 1. The van der Waals surface area contributed by atoms with Crippen molar-refractivity contribution in [2.75, 3.05) is 4.72 Å². The molecule has 0 aromatic heterocycles. The normalized spacial score (nSPS) is 11.2. The summed E-state index contributed by atoms with van der Waals surface area (Å²) >= 11 is 0. The number of carbonyl (C=O) groups is 1. The fraction of sp³-hybridized carbons (Fsp3) is 0.0714. The van der Waals surface area contributed by atoms with Gasteiger partial charge in [0.1, 0.15) is 16.5 Å². The van der Waals surface area contributed by atoms with Gasteiger partial charge in [-0.1, -0.05) is 12.1 Å². The van der Waals surface area contributed by atoms with Gasteiger partial charge in [-0.3, -0.25) is 4.72 Å². The molecule has 0 saturated heterocycles. The van der Waals surface area contributed by atoms with Gasteiger partial charge in [-0.25, -0.2) is 17.2 Å². The summed E-state index contributed by atoms with van der Waals surface area (Å²) in [5, 5.41) is 10.8. The number of halogens is 2. The molecule has 0 atom stereocenters. The summed E-state index contributed by atoms with van der Waals surface area (Å²) in [5.74, 6) is -3.64. The number of benzene rings is 2. The second-order valence-corrected chi connectivity index (χ2v) is 6.15. The van der Waals surface area contributed by atoms with E-state index in [9.17, 15) is 27.1 Å². The molecule has 8 heteroatoms. The smallest absolute Gasteiger partial charge is 0.264 e. The van der Waals surface area contributed by atoms with E-state index in [0.717, 1.165) is 18.2 Å². The zero-order valence-electron chi connectivity index (χ0n) is 11.3. The molecule has 0 unspecified atom stereocenters. The molecule has 2 aromatic rings. The molecule has 22 heavy (non-hydrogen) atoms. The van der Waals surface area contributed by atoms with Crippen molar-refractivity contribution in [2.45, 2.75) is 11.8 Å². The third-order valence-corrected chi connectivity index (χ3v) is 4.30. The number of hydrogen-bond donors (Lipinski definition) is 1. The fourth-order valence-electron chi connectivity index (χ4n) is 1.75. The van der Waals surface area contributed by atoms with Crippen LogP contribution in [0.2, 0.25) is 0 Å². The minimum absolute atomic E-state index is 0.0366. The SMILES string of the molecule is Cc1ccc(C(=O)[O-])cc1NS(=O)(=O)c1ccc(F)cc1F. The van der Waals surface area contributed by atoms with Crippen LogP contribution in [0.15, 0.2) is 41.3 Å². The number of carboxylic acid groups (broad SMARTS) is 1. The maximum Gasteiger partial charge on any atom is 0.264 e. The van der Waals surface area contributed by atoms with Crippen molar-refractivity contribution in [3.8, 4) is 0 Å². The molecule has 0 spiro atoms. The molecule has 2 rings (SSSR count). The van der Waals surface area contributed by atoms with E-state index in [1.165, 1.54) is 19.1 Å². The third-order valence-electron chi connectivity index (χ3n) is 2.90. The van der Waals surface area contributed by atoms with Crippen molar-refractivity contribution < 1.29 is 27.1 Å². The first kappa shape index (κ1) is 15.9. The number of hydrogen-bond acceptors (Lipinski definition) is 4. The molecule has 1 N–H and O–H groups in total. The summed E-state index contributed by atoms with van der Waals surface area (Å²) in [6, 6.07) is 5.72. The van der Waals surface area contributed by atoms with Crippen LogP contribution >= 0.6 is 0 Å². The number of sulfonamides is 1. The van der Waals surface area contributed by atoms with Gasteiger partial charge in [0.05, 0.1) is 11.7 Å². The van der Waals surface area contributed by atoms with Gasteiger partial charge in [-0.2, -0.15) is 0 Å². The van der Waals surface area contributed by atoms with Crippen LogP contribution in [0.3, 0.4) is 0 Å². The molecule has 0 fully saturated rings. The largest absolute Gasteiger partial charge is 0.545 e. The Morgan fingerprint density at radius 3 is 2.41 bits per heavy atom. The molecule has 2 aromatic carbocycles. The van der Waals surface area contributed by atoms with Crippen molar-refractivity contribution in [1.82, 2.24) is 0 Å². The van der Waals surface area contributed by atoms with E-state index in [1.54, 1.807) is 0 Å². The van der Waals surface area contributed by atoms with Gasteiger partial charge in [0.25, 0.3) is 10.0 Å². The maximum atomic E-state index is 13.6. The highest BCUT2D eigenvalue weighted by atomic mass is 32.2. The van der Waals surface area contributed by atoms with Crippen LogP contribution in [0.5, 0.6) is 0 Å². The zero-order chi connectivity index (χ0) is 16.5. The molecule has 5 nitrogen and oxygen atoms in total. The van der Waals surface area contributed by atoms with Gasteiger partial charge in [0.15, 0.2) is 0 Å². The quantitative estimate of drug-likeness (QED) is 0.921. The molecular formula is C14H10F2NO4S-. The molecule has 0 bridgehead atoms. The monoisotopic (exact) mass is 326 g/mol. The lowest BCUT2D eigenvalue weighted by atomic mass is 10.1. The molecular weight excluding hydrogens is 316 g/mol. The van der Waals surface area contributed by atoms with E-state index in [-0.39, 0.29) is 11.3 Å². The Hall–Kier alpha value is -2.48. The predicted molar refractivity (Wildman–Crippen MR) is 72.7 cm³/mol. The van der Waals surface area contributed by atoms with Gasteiger partial charge >= 0.3 is 0 Å². The predicted octanol–water partition coefficient (Wildman–Crippen LogP) is 1.44. The first-order valence-corrected chi connectivity index (χ1v) is 7.49. The van der Waals surface area contributed by atoms with Crippen LogP contribution in [0.4, 0.5) is 14.5 Å². The number of carboxylic acids is 1. The molecule has 0 aliphatic heterocycles.